The highest BCUT2D eigenvalue weighted by atomic mass is 16.5. The van der Waals surface area contributed by atoms with Gasteiger partial charge in [-0.2, -0.15) is 0 Å². The molecule has 1 atom stereocenters. The van der Waals surface area contributed by atoms with Gasteiger partial charge in [0, 0.05) is 31.1 Å². The number of rotatable bonds is 5. The first-order valence-electron chi connectivity index (χ1n) is 9.34. The van der Waals surface area contributed by atoms with Gasteiger partial charge in [0.1, 0.15) is 11.6 Å². The summed E-state index contributed by atoms with van der Waals surface area (Å²) in [5.41, 5.74) is 0.629. The number of fused-ring (bicyclic) bond motifs is 3. The van der Waals surface area contributed by atoms with Crippen molar-refractivity contribution >= 4 is 17.6 Å². The molecule has 3 saturated heterocycles. The molecule has 0 radical (unpaired) electrons. The summed E-state index contributed by atoms with van der Waals surface area (Å²) in [6.45, 7) is 4.72. The van der Waals surface area contributed by atoms with Crippen LogP contribution in [0.1, 0.15) is 30.1 Å². The molecular weight excluding hydrogens is 344 g/mol. The molecule has 2 aromatic rings. The van der Waals surface area contributed by atoms with E-state index in [2.05, 4.69) is 20.5 Å². The third-order valence-electron chi connectivity index (χ3n) is 5.29. The zero-order valence-corrected chi connectivity index (χ0v) is 15.3. The molecular formula is C20H24N4O3. The summed E-state index contributed by atoms with van der Waals surface area (Å²) in [4.78, 5) is 29.0. The number of amides is 2. The van der Waals surface area contributed by atoms with E-state index in [1.165, 1.54) is 19.8 Å². The molecule has 7 heteroatoms. The first-order valence-corrected chi connectivity index (χ1v) is 9.34. The fraction of sp³-hybridized carbons (Fsp3) is 0.400. The average molecular weight is 368 g/mol. The van der Waals surface area contributed by atoms with Gasteiger partial charge in [0.25, 0.3) is 5.91 Å². The summed E-state index contributed by atoms with van der Waals surface area (Å²) in [5, 5.41) is 5.84. The van der Waals surface area contributed by atoms with E-state index in [0.717, 1.165) is 19.6 Å². The molecule has 0 unspecified atom stereocenters. The lowest BCUT2D eigenvalue weighted by atomic mass is 9.84. The van der Waals surface area contributed by atoms with Crippen LogP contribution in [0.4, 0.5) is 5.82 Å². The van der Waals surface area contributed by atoms with Crippen LogP contribution in [-0.4, -0.2) is 47.4 Å². The number of H-pyrrole nitrogens is 1. The van der Waals surface area contributed by atoms with Gasteiger partial charge in [-0.25, -0.2) is 0 Å². The first-order chi connectivity index (χ1) is 13.1. The summed E-state index contributed by atoms with van der Waals surface area (Å²) in [5.74, 6) is 2.13. The normalized spacial score (nSPS) is 23.7. The van der Waals surface area contributed by atoms with Crippen molar-refractivity contribution in [3.63, 3.8) is 0 Å². The Hall–Kier alpha value is -2.80. The maximum absolute atomic E-state index is 12.5. The fourth-order valence-electron chi connectivity index (χ4n) is 3.88. The Morgan fingerprint density at radius 2 is 1.85 bits per heavy atom. The minimum Gasteiger partial charge on any atom is -0.441 e. The number of anilines is 1. The average Bonchev–Trinajstić information content (AvgIpc) is 3.09. The molecule has 3 aliphatic rings. The molecule has 3 aliphatic heterocycles. The molecule has 2 amide bonds. The second-order valence-corrected chi connectivity index (χ2v) is 7.26. The number of nitrogens with zero attached hydrogens (tertiary/aromatic N) is 1. The van der Waals surface area contributed by atoms with Crippen molar-refractivity contribution in [1.29, 1.82) is 0 Å². The van der Waals surface area contributed by atoms with Crippen LogP contribution in [-0.2, 0) is 4.79 Å². The number of piperidine rings is 3. The van der Waals surface area contributed by atoms with E-state index in [0.29, 0.717) is 28.9 Å². The van der Waals surface area contributed by atoms with Crippen LogP contribution in [0.5, 0.6) is 11.6 Å². The molecule has 3 fully saturated rings. The molecule has 2 bridgehead atoms. The first kappa shape index (κ1) is 17.6. The molecule has 1 aromatic carbocycles. The van der Waals surface area contributed by atoms with E-state index >= 15 is 0 Å². The minimum atomic E-state index is -0.151. The number of benzene rings is 1. The van der Waals surface area contributed by atoms with E-state index < -0.39 is 0 Å². The summed E-state index contributed by atoms with van der Waals surface area (Å²) in [7, 11) is 0. The number of carbonyl (C=O) groups excluding carboxylic acids is 2. The monoisotopic (exact) mass is 368 g/mol. The van der Waals surface area contributed by atoms with Crippen molar-refractivity contribution in [2.45, 2.75) is 25.8 Å². The standard InChI is InChI=1S/C20H24N4O3/c1-13(25)21-18-6-7-19(23-18)27-16-4-2-15(3-5-16)20(26)22-17-12-24-10-8-14(17)9-11-24/h2-7,14,17,23H,8-12H2,1H3,(H,21,25)(H,22,26)/t17-/m0/s1. The minimum absolute atomic E-state index is 0.0341. The Morgan fingerprint density at radius 3 is 2.48 bits per heavy atom. The van der Waals surface area contributed by atoms with Crippen LogP contribution in [0.25, 0.3) is 0 Å². The second-order valence-electron chi connectivity index (χ2n) is 7.26. The Balaban J connectivity index is 1.35. The third kappa shape index (κ3) is 4.14. The quantitative estimate of drug-likeness (QED) is 0.757. The van der Waals surface area contributed by atoms with Crippen LogP contribution >= 0.6 is 0 Å². The Bertz CT molecular complexity index is 822. The van der Waals surface area contributed by atoms with E-state index in [1.807, 2.05) is 0 Å². The number of hydrogen-bond acceptors (Lipinski definition) is 4. The lowest BCUT2D eigenvalue weighted by Gasteiger charge is -2.44. The molecule has 1 aromatic heterocycles. The number of nitrogens with one attached hydrogen (secondary N) is 3. The number of hydrogen-bond donors (Lipinski definition) is 3. The molecule has 4 heterocycles. The highest BCUT2D eigenvalue weighted by Gasteiger charge is 2.34. The second kappa shape index (κ2) is 7.44. The van der Waals surface area contributed by atoms with Gasteiger partial charge in [-0.3, -0.25) is 9.59 Å². The molecule has 0 spiro atoms. The molecule has 0 aliphatic carbocycles. The Labute approximate surface area is 158 Å². The van der Waals surface area contributed by atoms with Crippen LogP contribution in [0, 0.1) is 5.92 Å². The SMILES string of the molecule is CC(=O)Nc1ccc(Oc2ccc(C(=O)N[C@H]3CN4CCC3CC4)cc2)[nH]1. The van der Waals surface area contributed by atoms with Crippen molar-refractivity contribution in [1.82, 2.24) is 15.2 Å². The number of ether oxygens (including phenoxy) is 1. The zero-order valence-electron chi connectivity index (χ0n) is 15.3. The van der Waals surface area contributed by atoms with E-state index in [9.17, 15) is 9.59 Å². The molecule has 142 valence electrons. The lowest BCUT2D eigenvalue weighted by Crippen LogP contribution is -2.57. The molecule has 27 heavy (non-hydrogen) atoms. The number of aromatic amines is 1. The number of aromatic nitrogens is 1. The van der Waals surface area contributed by atoms with E-state index in [1.54, 1.807) is 36.4 Å². The molecule has 0 saturated carbocycles. The maximum Gasteiger partial charge on any atom is 0.251 e. The Kier molecular flexibility index (Phi) is 4.85. The highest BCUT2D eigenvalue weighted by molar-refractivity contribution is 5.94. The summed E-state index contributed by atoms with van der Waals surface area (Å²) < 4.78 is 5.72. The summed E-state index contributed by atoms with van der Waals surface area (Å²) in [6, 6.07) is 10.8. The fourth-order valence-corrected chi connectivity index (χ4v) is 3.88. The molecule has 3 N–H and O–H groups in total. The lowest BCUT2D eigenvalue weighted by molar-refractivity contribution is -0.114. The van der Waals surface area contributed by atoms with Gasteiger partial charge in [0.15, 0.2) is 5.88 Å². The van der Waals surface area contributed by atoms with Gasteiger partial charge in [0.05, 0.1) is 0 Å². The number of carbonyl (C=O) groups is 2. The van der Waals surface area contributed by atoms with Gasteiger partial charge < -0.3 is 25.3 Å². The maximum atomic E-state index is 12.5. The third-order valence-corrected chi connectivity index (χ3v) is 5.29. The van der Waals surface area contributed by atoms with Gasteiger partial charge in [-0.1, -0.05) is 0 Å². The topological polar surface area (TPSA) is 86.5 Å². The van der Waals surface area contributed by atoms with Crippen molar-refractivity contribution in [3.05, 3.63) is 42.0 Å². The highest BCUT2D eigenvalue weighted by Crippen LogP contribution is 2.28. The Morgan fingerprint density at radius 1 is 1.11 bits per heavy atom. The van der Waals surface area contributed by atoms with E-state index in [4.69, 9.17) is 4.74 Å². The van der Waals surface area contributed by atoms with Crippen LogP contribution < -0.4 is 15.4 Å². The molecule has 7 nitrogen and oxygen atoms in total. The van der Waals surface area contributed by atoms with Crippen molar-refractivity contribution in [2.75, 3.05) is 25.0 Å². The van der Waals surface area contributed by atoms with Gasteiger partial charge in [-0.15, -0.1) is 0 Å². The van der Waals surface area contributed by atoms with Crippen molar-refractivity contribution < 1.29 is 14.3 Å². The van der Waals surface area contributed by atoms with Gasteiger partial charge >= 0.3 is 0 Å². The molecule has 5 rings (SSSR count). The van der Waals surface area contributed by atoms with Crippen molar-refractivity contribution in [2.24, 2.45) is 5.92 Å². The van der Waals surface area contributed by atoms with Crippen LogP contribution in [0.15, 0.2) is 36.4 Å². The smallest absolute Gasteiger partial charge is 0.251 e. The van der Waals surface area contributed by atoms with E-state index in [-0.39, 0.29) is 17.9 Å². The van der Waals surface area contributed by atoms with Gasteiger partial charge in [-0.05, 0) is 62.2 Å². The zero-order chi connectivity index (χ0) is 18.8. The van der Waals surface area contributed by atoms with Crippen LogP contribution in [0.3, 0.4) is 0 Å². The van der Waals surface area contributed by atoms with Gasteiger partial charge in [0.2, 0.25) is 5.91 Å². The van der Waals surface area contributed by atoms with Crippen LogP contribution in [0.2, 0.25) is 0 Å². The summed E-state index contributed by atoms with van der Waals surface area (Å²) >= 11 is 0. The predicted molar refractivity (Wildman–Crippen MR) is 102 cm³/mol. The predicted octanol–water partition coefficient (Wildman–Crippen LogP) is 2.59. The van der Waals surface area contributed by atoms with Crippen molar-refractivity contribution in [3.8, 4) is 11.6 Å². The largest absolute Gasteiger partial charge is 0.441 e. The summed E-state index contributed by atoms with van der Waals surface area (Å²) in [6.07, 6.45) is 2.35.